The van der Waals surface area contributed by atoms with E-state index in [1.165, 1.54) is 10.6 Å². The van der Waals surface area contributed by atoms with Gasteiger partial charge >= 0.3 is 0 Å². The van der Waals surface area contributed by atoms with E-state index in [2.05, 4.69) is 0 Å². The molecule has 0 amide bonds. The molecular weight excluding hydrogens is 140 g/mol. The Balaban J connectivity index is 3.52. The fourth-order valence-electron chi connectivity index (χ4n) is 0.872. The van der Waals surface area contributed by atoms with Gasteiger partial charge in [-0.15, -0.1) is 0 Å². The summed E-state index contributed by atoms with van der Waals surface area (Å²) in [4.78, 5) is 11.0. The van der Waals surface area contributed by atoms with Crippen molar-refractivity contribution in [2.24, 2.45) is 7.05 Å². The highest BCUT2D eigenvalue weighted by Gasteiger charge is 1.98. The van der Waals surface area contributed by atoms with Gasteiger partial charge in [0.25, 0.3) is 5.56 Å². The van der Waals surface area contributed by atoms with E-state index in [1.54, 1.807) is 20.0 Å². The van der Waals surface area contributed by atoms with Gasteiger partial charge in [-0.2, -0.15) is 5.26 Å². The highest BCUT2D eigenvalue weighted by molar-refractivity contribution is 5.25. The lowest BCUT2D eigenvalue weighted by Gasteiger charge is -1.99. The summed E-state index contributed by atoms with van der Waals surface area (Å²) < 4.78 is 1.33. The lowest BCUT2D eigenvalue weighted by molar-refractivity contribution is 0.838. The second-order valence-corrected chi connectivity index (χ2v) is 2.43. The van der Waals surface area contributed by atoms with Gasteiger partial charge in [0.2, 0.25) is 0 Å². The first-order chi connectivity index (χ1) is 5.15. The van der Waals surface area contributed by atoms with Crippen molar-refractivity contribution in [3.63, 3.8) is 0 Å². The molecule has 0 saturated heterocycles. The maximum Gasteiger partial charge on any atom is 0.251 e. The second kappa shape index (κ2) is 2.59. The molecular formula is C8H8N2O. The van der Waals surface area contributed by atoms with Crippen molar-refractivity contribution in [2.45, 2.75) is 6.92 Å². The van der Waals surface area contributed by atoms with E-state index in [-0.39, 0.29) is 5.56 Å². The van der Waals surface area contributed by atoms with Gasteiger partial charge in [0.15, 0.2) is 0 Å². The Kier molecular flexibility index (Phi) is 1.77. The first-order valence-corrected chi connectivity index (χ1v) is 3.23. The van der Waals surface area contributed by atoms with Crippen LogP contribution in [0.5, 0.6) is 0 Å². The summed E-state index contributed by atoms with van der Waals surface area (Å²) in [6, 6.07) is 5.12. The molecule has 0 aliphatic rings. The van der Waals surface area contributed by atoms with E-state index in [0.717, 1.165) is 5.56 Å². The van der Waals surface area contributed by atoms with E-state index in [0.29, 0.717) is 5.69 Å². The minimum atomic E-state index is -0.137. The first-order valence-electron chi connectivity index (χ1n) is 3.23. The van der Waals surface area contributed by atoms with Crippen LogP contribution in [0.1, 0.15) is 11.3 Å². The molecule has 0 unspecified atom stereocenters. The lowest BCUT2D eigenvalue weighted by Crippen LogP contribution is -2.18. The predicted octanol–water partition coefficient (Wildman–Crippen LogP) is 0.565. The van der Waals surface area contributed by atoms with Gasteiger partial charge in [0.05, 0.1) is 0 Å². The smallest absolute Gasteiger partial charge is 0.251 e. The normalized spacial score (nSPS) is 9.18. The zero-order valence-corrected chi connectivity index (χ0v) is 6.46. The number of nitriles is 1. The summed E-state index contributed by atoms with van der Waals surface area (Å²) in [5, 5.41) is 8.56. The fourth-order valence-corrected chi connectivity index (χ4v) is 0.872. The molecule has 3 heteroatoms. The molecule has 0 radical (unpaired) electrons. The van der Waals surface area contributed by atoms with E-state index in [4.69, 9.17) is 5.26 Å². The van der Waals surface area contributed by atoms with E-state index >= 15 is 0 Å². The van der Waals surface area contributed by atoms with Gasteiger partial charge in [-0.3, -0.25) is 4.79 Å². The van der Waals surface area contributed by atoms with Crippen molar-refractivity contribution < 1.29 is 0 Å². The van der Waals surface area contributed by atoms with Gasteiger partial charge in [-0.25, -0.2) is 0 Å². The molecule has 0 bridgehead atoms. The van der Waals surface area contributed by atoms with Crippen LogP contribution in [0.25, 0.3) is 0 Å². The van der Waals surface area contributed by atoms with Crippen molar-refractivity contribution in [3.8, 4) is 6.07 Å². The van der Waals surface area contributed by atoms with Gasteiger partial charge in [0.1, 0.15) is 11.8 Å². The van der Waals surface area contributed by atoms with Crippen molar-refractivity contribution in [1.29, 1.82) is 5.26 Å². The Hall–Kier alpha value is -1.56. The van der Waals surface area contributed by atoms with E-state index in [9.17, 15) is 4.79 Å². The number of aromatic nitrogens is 1. The van der Waals surface area contributed by atoms with Crippen LogP contribution < -0.4 is 5.56 Å². The van der Waals surface area contributed by atoms with E-state index < -0.39 is 0 Å². The molecule has 1 rings (SSSR count). The Bertz CT molecular complexity index is 371. The van der Waals surface area contributed by atoms with Gasteiger partial charge in [-0.1, -0.05) is 0 Å². The first kappa shape index (κ1) is 7.55. The molecule has 0 aromatic carbocycles. The number of pyridine rings is 1. The van der Waals surface area contributed by atoms with Crippen LogP contribution in [-0.4, -0.2) is 4.57 Å². The third kappa shape index (κ3) is 1.30. The summed E-state index contributed by atoms with van der Waals surface area (Å²) >= 11 is 0. The van der Waals surface area contributed by atoms with Crippen LogP contribution >= 0.6 is 0 Å². The van der Waals surface area contributed by atoms with Gasteiger partial charge in [0, 0.05) is 13.1 Å². The summed E-state index contributed by atoms with van der Waals surface area (Å²) in [7, 11) is 1.58. The standard InChI is InChI=1S/C8H8N2O/c1-6-3-7(5-9)10(2)8(11)4-6/h3-4H,1-2H3. The molecule has 0 saturated carbocycles. The zero-order valence-electron chi connectivity index (χ0n) is 6.46. The number of rotatable bonds is 0. The Morgan fingerprint density at radius 1 is 1.55 bits per heavy atom. The molecule has 0 aliphatic carbocycles. The van der Waals surface area contributed by atoms with Crippen molar-refractivity contribution in [3.05, 3.63) is 33.7 Å². The average Bonchev–Trinajstić information content (AvgIpc) is 1.96. The molecule has 0 atom stereocenters. The van der Waals surface area contributed by atoms with Crippen LogP contribution in [0, 0.1) is 18.3 Å². The van der Waals surface area contributed by atoms with Crippen LogP contribution in [-0.2, 0) is 7.05 Å². The summed E-state index contributed by atoms with van der Waals surface area (Å²) in [5.74, 6) is 0. The van der Waals surface area contributed by atoms with Crippen LogP contribution in [0.15, 0.2) is 16.9 Å². The van der Waals surface area contributed by atoms with Crippen LogP contribution in [0.2, 0.25) is 0 Å². The third-order valence-electron chi connectivity index (χ3n) is 1.52. The number of aryl methyl sites for hydroxylation is 1. The molecule has 3 nitrogen and oxygen atoms in total. The zero-order chi connectivity index (χ0) is 8.43. The molecule has 0 aliphatic heterocycles. The molecule has 0 fully saturated rings. The maximum atomic E-state index is 11.0. The number of nitrogens with zero attached hydrogens (tertiary/aromatic N) is 2. The molecule has 0 N–H and O–H groups in total. The molecule has 1 aromatic heterocycles. The van der Waals surface area contributed by atoms with Gasteiger partial charge in [-0.05, 0) is 18.6 Å². The molecule has 1 heterocycles. The SMILES string of the molecule is Cc1cc(C#N)n(C)c(=O)c1. The molecule has 1 aromatic rings. The largest absolute Gasteiger partial charge is 0.303 e. The third-order valence-corrected chi connectivity index (χ3v) is 1.52. The molecule has 56 valence electrons. The number of hydrogen-bond donors (Lipinski definition) is 0. The maximum absolute atomic E-state index is 11.0. The topological polar surface area (TPSA) is 45.8 Å². The Labute approximate surface area is 64.5 Å². The summed E-state index contributed by atoms with van der Waals surface area (Å²) in [6.45, 7) is 1.79. The van der Waals surface area contributed by atoms with Crippen molar-refractivity contribution in [2.75, 3.05) is 0 Å². The predicted molar refractivity (Wildman–Crippen MR) is 41.1 cm³/mol. The molecule has 11 heavy (non-hydrogen) atoms. The van der Waals surface area contributed by atoms with Crippen molar-refractivity contribution >= 4 is 0 Å². The average molecular weight is 148 g/mol. The van der Waals surface area contributed by atoms with E-state index in [1.807, 2.05) is 6.07 Å². The Morgan fingerprint density at radius 2 is 2.18 bits per heavy atom. The van der Waals surface area contributed by atoms with Crippen LogP contribution in [0.3, 0.4) is 0 Å². The highest BCUT2D eigenvalue weighted by atomic mass is 16.1. The minimum Gasteiger partial charge on any atom is -0.303 e. The number of hydrogen-bond acceptors (Lipinski definition) is 2. The van der Waals surface area contributed by atoms with Crippen molar-refractivity contribution in [1.82, 2.24) is 4.57 Å². The fraction of sp³-hybridized carbons (Fsp3) is 0.250. The second-order valence-electron chi connectivity index (χ2n) is 2.43. The quantitative estimate of drug-likeness (QED) is 0.539. The Morgan fingerprint density at radius 3 is 2.73 bits per heavy atom. The highest BCUT2D eigenvalue weighted by Crippen LogP contribution is 1.96. The van der Waals surface area contributed by atoms with Crippen LogP contribution in [0.4, 0.5) is 0 Å². The summed E-state index contributed by atoms with van der Waals surface area (Å²) in [6.07, 6.45) is 0. The molecule has 0 spiro atoms. The lowest BCUT2D eigenvalue weighted by atomic mass is 10.2. The minimum absolute atomic E-state index is 0.137. The summed E-state index contributed by atoms with van der Waals surface area (Å²) in [5.41, 5.74) is 1.08. The monoisotopic (exact) mass is 148 g/mol. The van der Waals surface area contributed by atoms with Gasteiger partial charge < -0.3 is 4.57 Å².